The first-order valence-corrected chi connectivity index (χ1v) is 5.42. The number of amides is 1. The summed E-state index contributed by atoms with van der Waals surface area (Å²) in [6.45, 7) is 0.637. The van der Waals surface area contributed by atoms with E-state index >= 15 is 0 Å². The van der Waals surface area contributed by atoms with Gasteiger partial charge in [-0.3, -0.25) is 0 Å². The molecule has 5 heteroatoms. The molecule has 0 aliphatic carbocycles. The molecule has 17 heavy (non-hydrogen) atoms. The van der Waals surface area contributed by atoms with Crippen LogP contribution in [0.4, 0.5) is 9.18 Å². The minimum Gasteiger partial charge on any atom is -0.465 e. The van der Waals surface area contributed by atoms with Gasteiger partial charge in [0.05, 0.1) is 13.2 Å². The third-order valence-corrected chi connectivity index (χ3v) is 2.92. The molecular weight excluding hydrogens is 225 g/mol. The van der Waals surface area contributed by atoms with E-state index in [1.807, 2.05) is 6.07 Å². The molecule has 0 fully saturated rings. The van der Waals surface area contributed by atoms with E-state index in [9.17, 15) is 9.18 Å². The van der Waals surface area contributed by atoms with Crippen LogP contribution < -0.4 is 0 Å². The Morgan fingerprint density at radius 2 is 2.41 bits per heavy atom. The third-order valence-electron chi connectivity index (χ3n) is 2.92. The monoisotopic (exact) mass is 239 g/mol. The zero-order valence-corrected chi connectivity index (χ0v) is 9.52. The fourth-order valence-electron chi connectivity index (χ4n) is 2.03. The maximum absolute atomic E-state index is 13.7. The number of hydrogen-bond donors (Lipinski definition) is 1. The van der Waals surface area contributed by atoms with Crippen molar-refractivity contribution in [3.8, 4) is 0 Å². The second-order valence-electron chi connectivity index (χ2n) is 4.09. The van der Waals surface area contributed by atoms with Crippen molar-refractivity contribution < 1.29 is 19.0 Å². The molecule has 1 aliphatic rings. The van der Waals surface area contributed by atoms with Crippen molar-refractivity contribution in [3.63, 3.8) is 0 Å². The molecule has 1 N–H and O–H groups in total. The van der Waals surface area contributed by atoms with Crippen molar-refractivity contribution in [1.82, 2.24) is 4.90 Å². The fourth-order valence-corrected chi connectivity index (χ4v) is 2.03. The van der Waals surface area contributed by atoms with E-state index in [1.165, 1.54) is 13.1 Å². The van der Waals surface area contributed by atoms with Gasteiger partial charge in [-0.25, -0.2) is 9.18 Å². The summed E-state index contributed by atoms with van der Waals surface area (Å²) in [5, 5.41) is 8.81. The van der Waals surface area contributed by atoms with Crippen LogP contribution in [0.15, 0.2) is 18.2 Å². The van der Waals surface area contributed by atoms with Gasteiger partial charge >= 0.3 is 6.09 Å². The van der Waals surface area contributed by atoms with Crippen LogP contribution in [-0.4, -0.2) is 36.3 Å². The first-order chi connectivity index (χ1) is 8.09. The minimum absolute atomic E-state index is 0.142. The van der Waals surface area contributed by atoms with E-state index in [0.29, 0.717) is 18.6 Å². The average molecular weight is 239 g/mol. The van der Waals surface area contributed by atoms with Crippen molar-refractivity contribution in [3.05, 3.63) is 35.1 Å². The predicted molar refractivity (Wildman–Crippen MR) is 59.5 cm³/mol. The molecule has 1 aromatic carbocycles. The van der Waals surface area contributed by atoms with Gasteiger partial charge in [0.15, 0.2) is 0 Å². The number of carbonyl (C=O) groups is 1. The normalized spacial score (nSPS) is 18.6. The standard InChI is InChI=1S/C12H14FNO3/c1-14(12(15)16)7-10-11-8(5-6-17-10)3-2-4-9(11)13/h2-4,10H,5-7H2,1H3,(H,15,16). The van der Waals surface area contributed by atoms with Gasteiger partial charge in [-0.2, -0.15) is 0 Å². The lowest BCUT2D eigenvalue weighted by Crippen LogP contribution is -2.33. The molecule has 1 unspecified atom stereocenters. The summed E-state index contributed by atoms with van der Waals surface area (Å²) < 4.78 is 19.2. The SMILES string of the molecule is CN(CC1OCCc2cccc(F)c21)C(=O)O. The van der Waals surface area contributed by atoms with Gasteiger partial charge in [-0.05, 0) is 18.1 Å². The lowest BCUT2D eigenvalue weighted by Gasteiger charge is -2.28. The Morgan fingerprint density at radius 3 is 3.12 bits per heavy atom. The minimum atomic E-state index is -1.04. The Bertz CT molecular complexity index is 436. The maximum atomic E-state index is 13.7. The van der Waals surface area contributed by atoms with Gasteiger partial charge in [0.25, 0.3) is 0 Å². The highest BCUT2D eigenvalue weighted by Crippen LogP contribution is 2.29. The van der Waals surface area contributed by atoms with E-state index in [4.69, 9.17) is 9.84 Å². The largest absolute Gasteiger partial charge is 0.465 e. The second kappa shape index (κ2) is 4.71. The highest BCUT2D eigenvalue weighted by Gasteiger charge is 2.26. The van der Waals surface area contributed by atoms with Crippen LogP contribution in [0.2, 0.25) is 0 Å². The Kier molecular flexibility index (Phi) is 3.28. The van der Waals surface area contributed by atoms with Crippen LogP contribution in [-0.2, 0) is 11.2 Å². The van der Waals surface area contributed by atoms with E-state index in [0.717, 1.165) is 10.5 Å². The second-order valence-corrected chi connectivity index (χ2v) is 4.09. The summed E-state index contributed by atoms with van der Waals surface area (Å²) in [6.07, 6.45) is -0.890. The van der Waals surface area contributed by atoms with Crippen LogP contribution in [0.25, 0.3) is 0 Å². The molecule has 1 heterocycles. The van der Waals surface area contributed by atoms with Crippen LogP contribution in [0, 0.1) is 5.82 Å². The van der Waals surface area contributed by atoms with Crippen LogP contribution in [0.3, 0.4) is 0 Å². The van der Waals surface area contributed by atoms with Crippen molar-refractivity contribution in [1.29, 1.82) is 0 Å². The number of nitrogens with zero attached hydrogens (tertiary/aromatic N) is 1. The number of ether oxygens (including phenoxy) is 1. The highest BCUT2D eigenvalue weighted by molar-refractivity contribution is 5.64. The molecule has 0 bridgehead atoms. The fraction of sp³-hybridized carbons (Fsp3) is 0.417. The van der Waals surface area contributed by atoms with Gasteiger partial charge in [0.1, 0.15) is 11.9 Å². The molecule has 0 saturated heterocycles. The summed E-state index contributed by atoms with van der Waals surface area (Å²) >= 11 is 0. The maximum Gasteiger partial charge on any atom is 0.407 e. The number of fused-ring (bicyclic) bond motifs is 1. The molecule has 0 radical (unpaired) electrons. The van der Waals surface area contributed by atoms with E-state index in [2.05, 4.69) is 0 Å². The van der Waals surface area contributed by atoms with Gasteiger partial charge in [0.2, 0.25) is 0 Å². The molecule has 0 aromatic heterocycles. The van der Waals surface area contributed by atoms with Crippen LogP contribution >= 0.6 is 0 Å². The zero-order valence-electron chi connectivity index (χ0n) is 9.52. The number of halogens is 1. The molecule has 1 aliphatic heterocycles. The molecule has 1 atom stereocenters. The molecule has 0 spiro atoms. The van der Waals surface area contributed by atoms with Crippen molar-refractivity contribution >= 4 is 6.09 Å². The Morgan fingerprint density at radius 1 is 1.65 bits per heavy atom. The highest BCUT2D eigenvalue weighted by atomic mass is 19.1. The van der Waals surface area contributed by atoms with Crippen LogP contribution in [0.5, 0.6) is 0 Å². The Balaban J connectivity index is 2.25. The predicted octanol–water partition coefficient (Wildman–Crippen LogP) is 2.05. The van der Waals surface area contributed by atoms with Crippen molar-refractivity contribution in [2.45, 2.75) is 12.5 Å². The Hall–Kier alpha value is -1.62. The summed E-state index contributed by atoms with van der Waals surface area (Å²) in [5.74, 6) is -0.328. The molecular formula is C12H14FNO3. The first kappa shape index (κ1) is 11.9. The number of benzene rings is 1. The van der Waals surface area contributed by atoms with Gasteiger partial charge in [-0.15, -0.1) is 0 Å². The van der Waals surface area contributed by atoms with Gasteiger partial charge in [-0.1, -0.05) is 12.1 Å². The van der Waals surface area contributed by atoms with E-state index in [-0.39, 0.29) is 12.4 Å². The number of carboxylic acid groups (broad SMARTS) is 1. The van der Waals surface area contributed by atoms with Gasteiger partial charge < -0.3 is 14.7 Å². The molecule has 4 nitrogen and oxygen atoms in total. The third kappa shape index (κ3) is 2.39. The van der Waals surface area contributed by atoms with E-state index < -0.39 is 12.2 Å². The summed E-state index contributed by atoms with van der Waals surface area (Å²) in [6, 6.07) is 4.90. The number of likely N-dealkylation sites (N-methyl/N-ethyl adjacent to an activating group) is 1. The topological polar surface area (TPSA) is 49.8 Å². The number of rotatable bonds is 2. The lowest BCUT2D eigenvalue weighted by atomic mass is 9.96. The summed E-state index contributed by atoms with van der Waals surface area (Å²) in [4.78, 5) is 11.8. The smallest absolute Gasteiger partial charge is 0.407 e. The van der Waals surface area contributed by atoms with E-state index in [1.54, 1.807) is 6.07 Å². The molecule has 1 aromatic rings. The first-order valence-electron chi connectivity index (χ1n) is 5.42. The number of hydrogen-bond acceptors (Lipinski definition) is 2. The molecule has 92 valence electrons. The molecule has 2 rings (SSSR count). The van der Waals surface area contributed by atoms with Gasteiger partial charge in [0, 0.05) is 12.6 Å². The molecule has 0 saturated carbocycles. The molecule has 1 amide bonds. The van der Waals surface area contributed by atoms with Crippen molar-refractivity contribution in [2.24, 2.45) is 0 Å². The van der Waals surface area contributed by atoms with Crippen LogP contribution in [0.1, 0.15) is 17.2 Å². The average Bonchev–Trinajstić information content (AvgIpc) is 2.29. The quantitative estimate of drug-likeness (QED) is 0.859. The summed E-state index contributed by atoms with van der Waals surface area (Å²) in [7, 11) is 1.45. The summed E-state index contributed by atoms with van der Waals surface area (Å²) in [5.41, 5.74) is 1.40. The Labute approximate surface area is 98.6 Å². The zero-order chi connectivity index (χ0) is 12.4. The lowest BCUT2D eigenvalue weighted by molar-refractivity contribution is 0.0199. The van der Waals surface area contributed by atoms with Crippen molar-refractivity contribution in [2.75, 3.05) is 20.2 Å².